The second kappa shape index (κ2) is 9.85. The van der Waals surface area contributed by atoms with E-state index in [0.29, 0.717) is 6.61 Å². The number of carbonyl (C=O) groups is 1. The van der Waals surface area contributed by atoms with E-state index in [1.807, 2.05) is 24.3 Å². The quantitative estimate of drug-likeness (QED) is 0.358. The minimum Gasteiger partial charge on any atom is -0.497 e. The van der Waals surface area contributed by atoms with Gasteiger partial charge in [-0.2, -0.15) is 0 Å². The van der Waals surface area contributed by atoms with Crippen LogP contribution >= 0.6 is 0 Å². The predicted molar refractivity (Wildman–Crippen MR) is 144 cm³/mol. The summed E-state index contributed by atoms with van der Waals surface area (Å²) in [4.78, 5) is 11.3. The van der Waals surface area contributed by atoms with Crippen molar-refractivity contribution in [1.82, 2.24) is 0 Å². The van der Waals surface area contributed by atoms with Crippen molar-refractivity contribution in [3.8, 4) is 22.6 Å². The fourth-order valence-corrected chi connectivity index (χ4v) is 5.73. The van der Waals surface area contributed by atoms with Gasteiger partial charge in [-0.15, -0.1) is 0 Å². The Morgan fingerprint density at radius 2 is 1.78 bits per heavy atom. The Labute approximate surface area is 213 Å². The van der Waals surface area contributed by atoms with Crippen LogP contribution in [0.1, 0.15) is 67.7 Å². The van der Waals surface area contributed by atoms with E-state index in [-0.39, 0.29) is 17.8 Å². The Morgan fingerprint density at radius 1 is 1.00 bits per heavy atom. The molecule has 0 amide bonds. The molecule has 4 nitrogen and oxygen atoms in total. The molecule has 1 N–H and O–H groups in total. The summed E-state index contributed by atoms with van der Waals surface area (Å²) in [6, 6.07) is 21.0. The number of carboxylic acids is 1. The van der Waals surface area contributed by atoms with E-state index in [1.165, 1.54) is 27.8 Å². The number of carboxylic acid groups (broad SMARTS) is 1. The van der Waals surface area contributed by atoms with Crippen molar-refractivity contribution < 1.29 is 19.4 Å². The van der Waals surface area contributed by atoms with Crippen molar-refractivity contribution in [2.45, 2.75) is 58.5 Å². The van der Waals surface area contributed by atoms with Crippen LogP contribution in [0.15, 0.2) is 66.7 Å². The zero-order valence-corrected chi connectivity index (χ0v) is 21.3. The number of benzene rings is 3. The third kappa shape index (κ3) is 4.90. The van der Waals surface area contributed by atoms with E-state index < -0.39 is 5.97 Å². The first-order chi connectivity index (χ1) is 17.3. The van der Waals surface area contributed by atoms with Gasteiger partial charge in [-0.1, -0.05) is 50.3 Å². The van der Waals surface area contributed by atoms with Gasteiger partial charge in [-0.05, 0) is 106 Å². The molecule has 4 heteroatoms. The molecule has 3 aromatic rings. The number of rotatable bonds is 8. The monoisotopic (exact) mass is 482 g/mol. The summed E-state index contributed by atoms with van der Waals surface area (Å²) >= 11 is 0. The van der Waals surface area contributed by atoms with Crippen LogP contribution in [0.3, 0.4) is 0 Å². The Hall–Kier alpha value is -3.53. The van der Waals surface area contributed by atoms with Gasteiger partial charge in [-0.25, -0.2) is 0 Å². The molecular formula is C32H34O4. The summed E-state index contributed by atoms with van der Waals surface area (Å²) in [5, 5.41) is 9.26. The van der Waals surface area contributed by atoms with Crippen LogP contribution in [0.5, 0.6) is 11.5 Å². The number of aliphatic carboxylic acids is 1. The summed E-state index contributed by atoms with van der Waals surface area (Å²) in [7, 11) is 1.69. The molecule has 36 heavy (non-hydrogen) atoms. The molecule has 0 spiro atoms. The van der Waals surface area contributed by atoms with E-state index in [9.17, 15) is 9.90 Å². The topological polar surface area (TPSA) is 55.8 Å². The average Bonchev–Trinajstić information content (AvgIpc) is 3.44. The van der Waals surface area contributed by atoms with Crippen molar-refractivity contribution in [2.24, 2.45) is 5.41 Å². The second-order valence-electron chi connectivity index (χ2n) is 10.6. The number of ether oxygens (including phenoxy) is 2. The van der Waals surface area contributed by atoms with Crippen molar-refractivity contribution in [2.75, 3.05) is 7.11 Å². The summed E-state index contributed by atoms with van der Waals surface area (Å²) < 4.78 is 11.6. The van der Waals surface area contributed by atoms with Gasteiger partial charge in [-0.3, -0.25) is 4.79 Å². The Bertz CT molecular complexity index is 1300. The molecule has 0 saturated carbocycles. The number of aryl methyl sites for hydroxylation is 1. The SMILES string of the molecule is COc1ccc(-c2ccc(COc3ccc4c(c3)[C@@H](CC(=O)O)CC4)cc2C2=CCCC2(C)C)cc1. The molecule has 2 aliphatic carbocycles. The fraction of sp³-hybridized carbons (Fsp3) is 0.344. The number of hydrogen-bond acceptors (Lipinski definition) is 3. The highest BCUT2D eigenvalue weighted by Gasteiger charge is 2.30. The number of fused-ring (bicyclic) bond motifs is 1. The van der Waals surface area contributed by atoms with Crippen LogP contribution in [0.4, 0.5) is 0 Å². The average molecular weight is 483 g/mol. The van der Waals surface area contributed by atoms with Crippen LogP contribution in [0.25, 0.3) is 16.7 Å². The molecule has 0 heterocycles. The van der Waals surface area contributed by atoms with Gasteiger partial charge in [0.15, 0.2) is 0 Å². The Morgan fingerprint density at radius 3 is 2.47 bits per heavy atom. The van der Waals surface area contributed by atoms with Gasteiger partial charge in [0.25, 0.3) is 0 Å². The first-order valence-electron chi connectivity index (χ1n) is 12.8. The molecule has 0 fully saturated rings. The number of methoxy groups -OCH3 is 1. The summed E-state index contributed by atoms with van der Waals surface area (Å²) in [5.41, 5.74) is 8.66. The lowest BCUT2D eigenvalue weighted by Crippen LogP contribution is -2.10. The van der Waals surface area contributed by atoms with E-state index in [2.05, 4.69) is 56.3 Å². The van der Waals surface area contributed by atoms with Gasteiger partial charge >= 0.3 is 5.97 Å². The number of hydrogen-bond donors (Lipinski definition) is 1. The van der Waals surface area contributed by atoms with E-state index in [0.717, 1.165) is 48.3 Å². The lowest BCUT2D eigenvalue weighted by Gasteiger charge is -2.25. The smallest absolute Gasteiger partial charge is 0.303 e. The molecule has 0 aliphatic heterocycles. The summed E-state index contributed by atoms with van der Waals surface area (Å²) in [6.45, 7) is 5.11. The van der Waals surface area contributed by atoms with Crippen molar-refractivity contribution in [3.05, 3.63) is 89.0 Å². The van der Waals surface area contributed by atoms with E-state index in [4.69, 9.17) is 9.47 Å². The maximum Gasteiger partial charge on any atom is 0.303 e. The highest BCUT2D eigenvalue weighted by molar-refractivity contribution is 5.84. The maximum atomic E-state index is 11.3. The molecule has 1 atom stereocenters. The molecule has 186 valence electrons. The zero-order valence-electron chi connectivity index (χ0n) is 21.3. The maximum absolute atomic E-state index is 11.3. The minimum absolute atomic E-state index is 0.0768. The van der Waals surface area contributed by atoms with Gasteiger partial charge < -0.3 is 14.6 Å². The lowest BCUT2D eigenvalue weighted by molar-refractivity contribution is -0.137. The largest absolute Gasteiger partial charge is 0.497 e. The normalized spacial score (nSPS) is 18.0. The fourth-order valence-electron chi connectivity index (χ4n) is 5.73. The zero-order chi connectivity index (χ0) is 25.3. The standard InChI is InChI=1S/C32H34O4/c1-32(2)16-4-5-30(32)29-17-21(6-15-27(29)22-9-12-25(35-3)13-10-22)20-36-26-14-11-23-7-8-24(18-31(33)34)28(23)19-26/h5-6,9-15,17,19,24H,4,7-8,16,18,20H2,1-3H3,(H,33,34)/t24-/m1/s1. The van der Waals surface area contributed by atoms with Gasteiger partial charge in [0, 0.05) is 0 Å². The highest BCUT2D eigenvalue weighted by atomic mass is 16.5. The molecule has 0 bridgehead atoms. The molecule has 0 unspecified atom stereocenters. The molecular weight excluding hydrogens is 448 g/mol. The predicted octanol–water partition coefficient (Wildman–Crippen LogP) is 7.65. The van der Waals surface area contributed by atoms with Gasteiger partial charge in [0.1, 0.15) is 18.1 Å². The summed E-state index contributed by atoms with van der Waals surface area (Å²) in [5.74, 6) is 0.985. The molecule has 5 rings (SSSR count). The van der Waals surface area contributed by atoms with Crippen LogP contribution in [-0.2, 0) is 17.8 Å². The van der Waals surface area contributed by atoms with Crippen LogP contribution in [0.2, 0.25) is 0 Å². The van der Waals surface area contributed by atoms with Crippen LogP contribution < -0.4 is 9.47 Å². The molecule has 2 aliphatic rings. The van der Waals surface area contributed by atoms with Crippen molar-refractivity contribution in [3.63, 3.8) is 0 Å². The number of allylic oxidation sites excluding steroid dienone is 2. The summed E-state index contributed by atoms with van der Waals surface area (Å²) in [6.07, 6.45) is 6.64. The van der Waals surface area contributed by atoms with Crippen LogP contribution in [0, 0.1) is 5.41 Å². The van der Waals surface area contributed by atoms with Crippen molar-refractivity contribution in [1.29, 1.82) is 0 Å². The van der Waals surface area contributed by atoms with Crippen LogP contribution in [-0.4, -0.2) is 18.2 Å². The Kier molecular flexibility index (Phi) is 6.61. The molecule has 0 aromatic heterocycles. The lowest BCUT2D eigenvalue weighted by atomic mass is 9.79. The first-order valence-corrected chi connectivity index (χ1v) is 12.8. The highest BCUT2D eigenvalue weighted by Crippen LogP contribution is 2.47. The van der Waals surface area contributed by atoms with Gasteiger partial charge in [0.05, 0.1) is 13.5 Å². The third-order valence-corrected chi connectivity index (χ3v) is 7.77. The molecule has 0 saturated heterocycles. The third-order valence-electron chi connectivity index (χ3n) is 7.77. The second-order valence-corrected chi connectivity index (χ2v) is 10.6. The van der Waals surface area contributed by atoms with E-state index in [1.54, 1.807) is 7.11 Å². The Balaban J connectivity index is 1.42. The van der Waals surface area contributed by atoms with Crippen molar-refractivity contribution >= 4 is 11.5 Å². The van der Waals surface area contributed by atoms with Gasteiger partial charge in [0.2, 0.25) is 0 Å². The minimum atomic E-state index is -0.743. The first kappa shape index (κ1) is 24.2. The molecule has 3 aromatic carbocycles. The molecule has 0 radical (unpaired) electrons. The van der Waals surface area contributed by atoms with E-state index >= 15 is 0 Å².